The third kappa shape index (κ3) is 4.73. The Labute approximate surface area is 159 Å². The molecule has 3 rings (SSSR count). The molecular formula is C20H23FN2O3S. The van der Waals surface area contributed by atoms with E-state index in [1.54, 1.807) is 24.3 Å². The van der Waals surface area contributed by atoms with Gasteiger partial charge in [0, 0.05) is 24.7 Å². The highest BCUT2D eigenvalue weighted by atomic mass is 32.2. The van der Waals surface area contributed by atoms with Crippen LogP contribution < -0.4 is 5.32 Å². The van der Waals surface area contributed by atoms with Crippen LogP contribution in [0.4, 0.5) is 10.1 Å². The maximum Gasteiger partial charge on any atom is 0.243 e. The van der Waals surface area contributed by atoms with Crippen LogP contribution in [0.5, 0.6) is 0 Å². The highest BCUT2D eigenvalue weighted by Gasteiger charge is 2.34. The van der Waals surface area contributed by atoms with Crippen molar-refractivity contribution < 1.29 is 17.6 Å². The van der Waals surface area contributed by atoms with Crippen molar-refractivity contribution in [3.05, 3.63) is 59.9 Å². The quantitative estimate of drug-likeness (QED) is 0.846. The second-order valence-electron chi connectivity index (χ2n) is 6.84. The molecule has 1 atom stereocenters. The van der Waals surface area contributed by atoms with Gasteiger partial charge < -0.3 is 5.32 Å². The molecule has 0 radical (unpaired) electrons. The van der Waals surface area contributed by atoms with E-state index >= 15 is 0 Å². The van der Waals surface area contributed by atoms with Crippen molar-refractivity contribution in [2.45, 2.75) is 43.5 Å². The molecule has 7 heteroatoms. The van der Waals surface area contributed by atoms with Gasteiger partial charge in [-0.25, -0.2) is 12.8 Å². The molecule has 1 aliphatic rings. The third-order valence-corrected chi connectivity index (χ3v) is 6.72. The Morgan fingerprint density at radius 3 is 2.44 bits per heavy atom. The number of nitrogens with zero attached hydrogens (tertiary/aromatic N) is 1. The number of hydrogen-bond acceptors (Lipinski definition) is 3. The molecule has 2 aromatic rings. The van der Waals surface area contributed by atoms with Crippen LogP contribution in [0.3, 0.4) is 0 Å². The minimum Gasteiger partial charge on any atom is -0.326 e. The molecule has 1 fully saturated rings. The minimum absolute atomic E-state index is 0.0719. The van der Waals surface area contributed by atoms with Gasteiger partial charge in [0.2, 0.25) is 15.9 Å². The maximum atomic E-state index is 13.0. The average Bonchev–Trinajstić information content (AvgIpc) is 2.64. The summed E-state index contributed by atoms with van der Waals surface area (Å²) in [6.45, 7) is 2.31. The smallest absolute Gasteiger partial charge is 0.243 e. The first-order valence-electron chi connectivity index (χ1n) is 9.00. The number of halogens is 1. The summed E-state index contributed by atoms with van der Waals surface area (Å²) in [7, 11) is -3.65. The minimum atomic E-state index is -3.65. The number of sulfonamides is 1. The zero-order chi connectivity index (χ0) is 19.4. The van der Waals surface area contributed by atoms with Crippen LogP contribution in [-0.4, -0.2) is 31.2 Å². The van der Waals surface area contributed by atoms with E-state index in [2.05, 4.69) is 5.32 Å². The lowest BCUT2D eigenvalue weighted by molar-refractivity contribution is -0.117. The van der Waals surface area contributed by atoms with Gasteiger partial charge >= 0.3 is 0 Å². The normalized spacial score (nSPS) is 18.2. The van der Waals surface area contributed by atoms with Gasteiger partial charge in [-0.05, 0) is 56.2 Å². The Kier molecular flexibility index (Phi) is 5.92. The van der Waals surface area contributed by atoms with E-state index in [-0.39, 0.29) is 29.1 Å². The van der Waals surface area contributed by atoms with Gasteiger partial charge in [-0.1, -0.05) is 24.1 Å². The van der Waals surface area contributed by atoms with Gasteiger partial charge in [-0.15, -0.1) is 0 Å². The number of rotatable bonds is 5. The standard InChI is InChI=1S/C20H23FN2O3S/c1-15-5-11-19(12-6-15)27(25,26)23-13-3-2-4-18(23)14-20(24)22-17-9-7-16(21)8-10-17/h5-12,18H,2-4,13-14H2,1H3,(H,22,24). The molecule has 5 nitrogen and oxygen atoms in total. The Morgan fingerprint density at radius 2 is 1.78 bits per heavy atom. The van der Waals surface area contributed by atoms with Gasteiger partial charge in [0.25, 0.3) is 0 Å². The number of carbonyl (C=O) groups excluding carboxylic acids is 1. The third-order valence-electron chi connectivity index (χ3n) is 4.75. The molecule has 1 unspecified atom stereocenters. The van der Waals surface area contributed by atoms with Gasteiger partial charge in [-0.2, -0.15) is 4.31 Å². The van der Waals surface area contributed by atoms with E-state index in [0.717, 1.165) is 18.4 Å². The Balaban J connectivity index is 1.73. The largest absolute Gasteiger partial charge is 0.326 e. The zero-order valence-electron chi connectivity index (χ0n) is 15.2. The predicted octanol–water partition coefficient (Wildman–Crippen LogP) is 3.71. The average molecular weight is 390 g/mol. The molecule has 1 amide bonds. The molecular weight excluding hydrogens is 367 g/mol. The number of aryl methyl sites for hydroxylation is 1. The molecule has 1 heterocycles. The highest BCUT2D eigenvalue weighted by molar-refractivity contribution is 7.89. The molecule has 1 aliphatic heterocycles. The first-order valence-corrected chi connectivity index (χ1v) is 10.4. The van der Waals surface area contributed by atoms with E-state index in [4.69, 9.17) is 0 Å². The zero-order valence-corrected chi connectivity index (χ0v) is 16.0. The first-order chi connectivity index (χ1) is 12.9. The molecule has 0 spiro atoms. The molecule has 0 saturated carbocycles. The van der Waals surface area contributed by atoms with Gasteiger partial charge in [0.05, 0.1) is 4.90 Å². The number of anilines is 1. The monoisotopic (exact) mass is 390 g/mol. The SMILES string of the molecule is Cc1ccc(S(=O)(=O)N2CCCCC2CC(=O)Nc2ccc(F)cc2)cc1. The Bertz CT molecular complexity index is 896. The summed E-state index contributed by atoms with van der Waals surface area (Å²) >= 11 is 0. The van der Waals surface area contributed by atoms with Gasteiger partial charge in [0.15, 0.2) is 0 Å². The van der Waals surface area contributed by atoms with Crippen molar-refractivity contribution in [3.63, 3.8) is 0 Å². The van der Waals surface area contributed by atoms with Crippen molar-refractivity contribution in [1.29, 1.82) is 0 Å². The number of benzene rings is 2. The summed E-state index contributed by atoms with van der Waals surface area (Å²) in [6.07, 6.45) is 2.37. The van der Waals surface area contributed by atoms with Crippen LogP contribution in [-0.2, 0) is 14.8 Å². The summed E-state index contributed by atoms with van der Waals surface area (Å²) in [5.41, 5.74) is 1.48. The van der Waals surface area contributed by atoms with E-state index in [0.29, 0.717) is 18.7 Å². The van der Waals surface area contributed by atoms with Crippen molar-refractivity contribution in [2.24, 2.45) is 0 Å². The second kappa shape index (κ2) is 8.19. The predicted molar refractivity (Wildman–Crippen MR) is 102 cm³/mol. The fraction of sp³-hybridized carbons (Fsp3) is 0.350. The lowest BCUT2D eigenvalue weighted by atomic mass is 10.0. The maximum absolute atomic E-state index is 13.0. The van der Waals surface area contributed by atoms with Crippen molar-refractivity contribution in [3.8, 4) is 0 Å². The summed E-state index contributed by atoms with van der Waals surface area (Å²) in [6, 6.07) is 11.9. The number of hydrogen-bond donors (Lipinski definition) is 1. The topological polar surface area (TPSA) is 66.5 Å². The van der Waals surface area contributed by atoms with Crippen molar-refractivity contribution >= 4 is 21.6 Å². The van der Waals surface area contributed by atoms with Crippen LogP contribution in [0.1, 0.15) is 31.2 Å². The number of amides is 1. The summed E-state index contributed by atoms with van der Waals surface area (Å²) in [5, 5.41) is 2.71. The first kappa shape index (κ1) is 19.5. The van der Waals surface area contributed by atoms with Crippen LogP contribution in [0.15, 0.2) is 53.4 Å². The van der Waals surface area contributed by atoms with Crippen LogP contribution in [0, 0.1) is 12.7 Å². The molecule has 27 heavy (non-hydrogen) atoms. The fourth-order valence-electron chi connectivity index (χ4n) is 3.30. The van der Waals surface area contributed by atoms with Crippen LogP contribution >= 0.6 is 0 Å². The molecule has 0 aromatic heterocycles. The lowest BCUT2D eigenvalue weighted by Gasteiger charge is -2.34. The lowest BCUT2D eigenvalue weighted by Crippen LogP contribution is -2.45. The summed E-state index contributed by atoms with van der Waals surface area (Å²) in [5.74, 6) is -0.659. The van der Waals surface area contributed by atoms with Crippen LogP contribution in [0.2, 0.25) is 0 Å². The molecule has 0 bridgehead atoms. The number of carbonyl (C=O) groups is 1. The fourth-order valence-corrected chi connectivity index (χ4v) is 4.99. The second-order valence-corrected chi connectivity index (χ2v) is 8.73. The molecule has 144 valence electrons. The van der Waals surface area contributed by atoms with Crippen molar-refractivity contribution in [1.82, 2.24) is 4.31 Å². The van der Waals surface area contributed by atoms with Crippen molar-refractivity contribution in [2.75, 3.05) is 11.9 Å². The van der Waals surface area contributed by atoms with Gasteiger partial charge in [-0.3, -0.25) is 4.79 Å². The van der Waals surface area contributed by atoms with E-state index in [9.17, 15) is 17.6 Å². The Morgan fingerprint density at radius 1 is 1.11 bits per heavy atom. The molecule has 1 saturated heterocycles. The number of nitrogens with one attached hydrogen (secondary N) is 1. The summed E-state index contributed by atoms with van der Waals surface area (Å²) < 4.78 is 40.5. The summed E-state index contributed by atoms with van der Waals surface area (Å²) in [4.78, 5) is 12.6. The van der Waals surface area contributed by atoms with E-state index < -0.39 is 10.0 Å². The Hall–Kier alpha value is -2.25. The van der Waals surface area contributed by atoms with E-state index in [1.165, 1.54) is 28.6 Å². The highest BCUT2D eigenvalue weighted by Crippen LogP contribution is 2.27. The number of piperidine rings is 1. The molecule has 1 N–H and O–H groups in total. The molecule has 0 aliphatic carbocycles. The van der Waals surface area contributed by atoms with E-state index in [1.807, 2.05) is 6.92 Å². The van der Waals surface area contributed by atoms with Crippen LogP contribution in [0.25, 0.3) is 0 Å². The molecule has 2 aromatic carbocycles. The van der Waals surface area contributed by atoms with Gasteiger partial charge in [0.1, 0.15) is 5.82 Å².